The largest absolute Gasteiger partial charge is 0.379 e. The Labute approximate surface area is 104 Å². The van der Waals surface area contributed by atoms with Crippen LogP contribution in [-0.4, -0.2) is 30.6 Å². The molecular weight excluding hydrogens is 241 g/mol. The van der Waals surface area contributed by atoms with Gasteiger partial charge in [0.1, 0.15) is 5.82 Å². The number of hydrogen-bond acceptors (Lipinski definition) is 2. The highest BCUT2D eigenvalue weighted by atomic mass is 19.2. The lowest BCUT2D eigenvalue weighted by atomic mass is 9.94. The van der Waals surface area contributed by atoms with Crippen molar-refractivity contribution in [2.24, 2.45) is 5.92 Å². The molecule has 2 heterocycles. The summed E-state index contributed by atoms with van der Waals surface area (Å²) in [6.45, 7) is 3.04. The minimum atomic E-state index is -1.14. The summed E-state index contributed by atoms with van der Waals surface area (Å²) in [4.78, 5) is 2.37. The third-order valence-electron chi connectivity index (χ3n) is 3.97. The topological polar surface area (TPSA) is 15.3 Å². The van der Waals surface area contributed by atoms with Crippen molar-refractivity contribution in [3.8, 4) is 0 Å². The minimum Gasteiger partial charge on any atom is -0.379 e. The molecule has 98 valence electrons. The summed E-state index contributed by atoms with van der Waals surface area (Å²) in [7, 11) is 0. The lowest BCUT2D eigenvalue weighted by molar-refractivity contribution is 0.254. The first-order valence-corrected chi connectivity index (χ1v) is 6.27. The Bertz CT molecular complexity index is 464. The van der Waals surface area contributed by atoms with E-state index >= 15 is 0 Å². The zero-order valence-electron chi connectivity index (χ0n) is 9.93. The van der Waals surface area contributed by atoms with Crippen molar-refractivity contribution in [2.75, 3.05) is 25.0 Å². The van der Waals surface area contributed by atoms with Gasteiger partial charge >= 0.3 is 0 Å². The van der Waals surface area contributed by atoms with E-state index in [1.54, 1.807) is 0 Å². The van der Waals surface area contributed by atoms with E-state index in [1.807, 2.05) is 0 Å². The van der Waals surface area contributed by atoms with E-state index in [0.717, 1.165) is 38.5 Å². The lowest BCUT2D eigenvalue weighted by Gasteiger charge is -2.31. The summed E-state index contributed by atoms with van der Waals surface area (Å²) in [5, 5.41) is 2.98. The number of anilines is 1. The predicted molar refractivity (Wildman–Crippen MR) is 62.9 cm³/mol. The average molecular weight is 256 g/mol. The van der Waals surface area contributed by atoms with Crippen LogP contribution in [0.25, 0.3) is 0 Å². The van der Waals surface area contributed by atoms with Crippen molar-refractivity contribution in [3.63, 3.8) is 0 Å². The molecule has 2 aliphatic heterocycles. The van der Waals surface area contributed by atoms with Crippen LogP contribution in [0.15, 0.2) is 12.1 Å². The van der Waals surface area contributed by atoms with Crippen molar-refractivity contribution in [2.45, 2.75) is 18.9 Å². The summed E-state index contributed by atoms with van der Waals surface area (Å²) in [5.41, 5.74) is -0.0575. The fraction of sp³-hybridized carbons (Fsp3) is 0.538. The van der Waals surface area contributed by atoms with Crippen LogP contribution in [0.4, 0.5) is 18.9 Å². The highest BCUT2D eigenvalue weighted by molar-refractivity contribution is 5.46. The molecule has 18 heavy (non-hydrogen) atoms. The molecule has 1 aromatic rings. The van der Waals surface area contributed by atoms with Gasteiger partial charge in [-0.3, -0.25) is 0 Å². The second-order valence-corrected chi connectivity index (χ2v) is 5.14. The van der Waals surface area contributed by atoms with Crippen LogP contribution in [0.5, 0.6) is 0 Å². The molecule has 3 unspecified atom stereocenters. The Kier molecular flexibility index (Phi) is 2.93. The van der Waals surface area contributed by atoms with Crippen LogP contribution in [0, 0.1) is 23.4 Å². The average Bonchev–Trinajstić information content (AvgIpc) is 2.72. The van der Waals surface area contributed by atoms with Gasteiger partial charge in [0.05, 0.1) is 5.69 Å². The maximum atomic E-state index is 13.6. The predicted octanol–water partition coefficient (Wildman–Crippen LogP) is 2.61. The summed E-state index contributed by atoms with van der Waals surface area (Å²) >= 11 is 0. The van der Waals surface area contributed by atoms with Crippen LogP contribution >= 0.6 is 0 Å². The normalized spacial score (nSPS) is 30.5. The number of halogens is 3. The number of rotatable bonds is 2. The van der Waals surface area contributed by atoms with Gasteiger partial charge < -0.3 is 10.2 Å². The number of nitrogens with one attached hydrogen (secondary N) is 1. The van der Waals surface area contributed by atoms with Crippen LogP contribution in [-0.2, 0) is 0 Å². The van der Waals surface area contributed by atoms with E-state index in [-0.39, 0.29) is 11.7 Å². The molecule has 5 heteroatoms. The maximum Gasteiger partial charge on any atom is 0.182 e. The minimum absolute atomic E-state index is 0.0575. The molecule has 0 aromatic heterocycles. The van der Waals surface area contributed by atoms with Gasteiger partial charge in [-0.15, -0.1) is 0 Å². The lowest BCUT2D eigenvalue weighted by Crippen LogP contribution is -2.39. The molecule has 0 amide bonds. The first-order valence-electron chi connectivity index (χ1n) is 6.27. The summed E-state index contributed by atoms with van der Waals surface area (Å²) < 4.78 is 39.8. The molecule has 2 nitrogen and oxygen atoms in total. The molecule has 3 atom stereocenters. The Hall–Kier alpha value is -1.23. The molecule has 0 aliphatic carbocycles. The van der Waals surface area contributed by atoms with E-state index in [1.165, 1.54) is 0 Å². The van der Waals surface area contributed by atoms with Crippen LogP contribution in [0.2, 0.25) is 0 Å². The summed E-state index contributed by atoms with van der Waals surface area (Å²) in [6.07, 6.45) is 1.96. The molecule has 2 bridgehead atoms. The van der Waals surface area contributed by atoms with Gasteiger partial charge in [0, 0.05) is 31.3 Å². The van der Waals surface area contributed by atoms with Gasteiger partial charge in [-0.25, -0.2) is 13.2 Å². The smallest absolute Gasteiger partial charge is 0.182 e. The summed E-state index contributed by atoms with van der Waals surface area (Å²) in [5.74, 6) is -2.43. The van der Waals surface area contributed by atoms with E-state index < -0.39 is 17.5 Å². The maximum absolute atomic E-state index is 13.6. The Morgan fingerprint density at radius 2 is 1.89 bits per heavy atom. The number of hydrogen-bond donors (Lipinski definition) is 1. The molecule has 1 aromatic carbocycles. The Morgan fingerprint density at radius 3 is 2.72 bits per heavy atom. The zero-order chi connectivity index (χ0) is 12.7. The number of fused-ring (bicyclic) bond motifs is 2. The van der Waals surface area contributed by atoms with Gasteiger partial charge in [-0.05, 0) is 25.3 Å². The van der Waals surface area contributed by atoms with Crippen LogP contribution in [0.1, 0.15) is 12.8 Å². The molecule has 0 spiro atoms. The first kappa shape index (κ1) is 11.8. The van der Waals surface area contributed by atoms with Crippen LogP contribution < -0.4 is 5.32 Å². The summed E-state index contributed by atoms with van der Waals surface area (Å²) in [6, 6.07) is 1.71. The van der Waals surface area contributed by atoms with Crippen LogP contribution in [0.3, 0.4) is 0 Å². The highest BCUT2D eigenvalue weighted by Gasteiger charge is 2.34. The number of benzene rings is 1. The molecule has 0 radical (unpaired) electrons. The molecule has 2 aliphatic rings. The van der Waals surface area contributed by atoms with Gasteiger partial charge in [0.25, 0.3) is 0 Å². The number of piperidine rings is 1. The first-order chi connectivity index (χ1) is 8.63. The van der Waals surface area contributed by atoms with Crippen molar-refractivity contribution >= 4 is 5.69 Å². The molecule has 1 N–H and O–H groups in total. The SMILES string of the molecule is Fc1cc(F)c(F)c(NC2CCN3CCC2C3)c1. The van der Waals surface area contributed by atoms with E-state index in [0.29, 0.717) is 12.0 Å². The van der Waals surface area contributed by atoms with Gasteiger partial charge in [0.2, 0.25) is 0 Å². The zero-order valence-corrected chi connectivity index (χ0v) is 9.93. The molecular formula is C13H15F3N2. The molecule has 0 saturated carbocycles. The van der Waals surface area contributed by atoms with Crippen molar-refractivity contribution in [1.29, 1.82) is 0 Å². The van der Waals surface area contributed by atoms with Crippen molar-refractivity contribution in [3.05, 3.63) is 29.6 Å². The Balaban J connectivity index is 1.80. The van der Waals surface area contributed by atoms with Gasteiger partial charge in [0.15, 0.2) is 11.6 Å². The second kappa shape index (κ2) is 4.46. The van der Waals surface area contributed by atoms with E-state index in [9.17, 15) is 13.2 Å². The van der Waals surface area contributed by atoms with E-state index in [2.05, 4.69) is 10.2 Å². The van der Waals surface area contributed by atoms with Gasteiger partial charge in [-0.2, -0.15) is 0 Å². The molecule has 3 rings (SSSR count). The Morgan fingerprint density at radius 1 is 1.11 bits per heavy atom. The third-order valence-corrected chi connectivity index (χ3v) is 3.97. The fourth-order valence-electron chi connectivity index (χ4n) is 3.00. The quantitative estimate of drug-likeness (QED) is 0.818. The molecule has 2 saturated heterocycles. The standard InChI is InChI=1S/C13H15F3N2/c14-9-5-10(15)13(16)12(6-9)17-11-2-4-18-3-1-8(11)7-18/h5-6,8,11,17H,1-4,7H2. The monoisotopic (exact) mass is 256 g/mol. The van der Waals surface area contributed by atoms with Crippen molar-refractivity contribution in [1.82, 2.24) is 4.90 Å². The highest BCUT2D eigenvalue weighted by Crippen LogP contribution is 2.30. The fourth-order valence-corrected chi connectivity index (χ4v) is 3.00. The van der Waals surface area contributed by atoms with E-state index in [4.69, 9.17) is 0 Å². The number of nitrogens with zero attached hydrogens (tertiary/aromatic N) is 1. The molecule has 2 fully saturated rings. The van der Waals surface area contributed by atoms with Gasteiger partial charge in [-0.1, -0.05) is 0 Å². The second-order valence-electron chi connectivity index (χ2n) is 5.14. The third kappa shape index (κ3) is 2.07. The van der Waals surface area contributed by atoms with Crippen molar-refractivity contribution < 1.29 is 13.2 Å².